The Kier molecular flexibility index (Phi) is 4.51. The molecule has 1 aromatic heterocycles. The molecule has 0 saturated heterocycles. The molecule has 0 fully saturated rings. The van der Waals surface area contributed by atoms with Crippen molar-refractivity contribution < 1.29 is 4.42 Å². The lowest BCUT2D eigenvalue weighted by atomic mass is 10.1. The number of benzene rings is 2. The smallest absolute Gasteiger partial charge is 0.248 e. The first kappa shape index (κ1) is 14.5. The number of alkyl halides is 2. The summed E-state index contributed by atoms with van der Waals surface area (Å²) in [5.41, 5.74) is 4.28. The third kappa shape index (κ3) is 3.24. The van der Waals surface area contributed by atoms with Crippen LogP contribution in [0.15, 0.2) is 52.9 Å². The first-order chi connectivity index (χ1) is 10.3. The predicted octanol–water partition coefficient (Wildman–Crippen LogP) is 5.19. The average Bonchev–Trinajstić information content (AvgIpc) is 3.05. The average molecular weight is 408 g/mol. The summed E-state index contributed by atoms with van der Waals surface area (Å²) < 4.78 is 5.76. The highest BCUT2D eigenvalue weighted by atomic mass is 79.9. The molecular formula is C16H12Br2N2O. The first-order valence-electron chi connectivity index (χ1n) is 6.44. The van der Waals surface area contributed by atoms with E-state index in [0.717, 1.165) is 21.8 Å². The zero-order chi connectivity index (χ0) is 14.7. The van der Waals surface area contributed by atoms with Gasteiger partial charge in [0.25, 0.3) is 0 Å². The van der Waals surface area contributed by atoms with Crippen LogP contribution < -0.4 is 0 Å². The third-order valence-corrected chi connectivity index (χ3v) is 4.43. The van der Waals surface area contributed by atoms with E-state index in [4.69, 9.17) is 4.42 Å². The molecule has 5 heteroatoms. The summed E-state index contributed by atoms with van der Waals surface area (Å²) in [6.45, 7) is 0. The van der Waals surface area contributed by atoms with Gasteiger partial charge < -0.3 is 4.42 Å². The zero-order valence-electron chi connectivity index (χ0n) is 11.1. The summed E-state index contributed by atoms with van der Waals surface area (Å²) in [6, 6.07) is 16.1. The van der Waals surface area contributed by atoms with Crippen molar-refractivity contribution in [2.24, 2.45) is 0 Å². The maximum absolute atomic E-state index is 5.76. The van der Waals surface area contributed by atoms with Gasteiger partial charge in [0.15, 0.2) is 0 Å². The summed E-state index contributed by atoms with van der Waals surface area (Å²) in [5, 5.41) is 9.92. The summed E-state index contributed by atoms with van der Waals surface area (Å²) in [4.78, 5) is 0. The Morgan fingerprint density at radius 2 is 1.05 bits per heavy atom. The summed E-state index contributed by atoms with van der Waals surface area (Å²) in [6.07, 6.45) is 0. The van der Waals surface area contributed by atoms with Crippen molar-refractivity contribution in [3.8, 4) is 22.9 Å². The highest BCUT2D eigenvalue weighted by molar-refractivity contribution is 9.08. The van der Waals surface area contributed by atoms with Gasteiger partial charge in [-0.05, 0) is 35.4 Å². The van der Waals surface area contributed by atoms with E-state index in [1.165, 1.54) is 11.1 Å². The molecule has 1 heterocycles. The minimum absolute atomic E-state index is 0.538. The van der Waals surface area contributed by atoms with Gasteiger partial charge in [0.05, 0.1) is 0 Å². The van der Waals surface area contributed by atoms with Crippen LogP contribution in [0.1, 0.15) is 11.1 Å². The first-order valence-corrected chi connectivity index (χ1v) is 8.68. The van der Waals surface area contributed by atoms with E-state index < -0.39 is 0 Å². The van der Waals surface area contributed by atoms with Crippen LogP contribution in [-0.4, -0.2) is 10.2 Å². The number of halogens is 2. The molecule has 0 aliphatic carbocycles. The number of nitrogens with zero attached hydrogens (tertiary/aromatic N) is 2. The molecule has 0 aliphatic heterocycles. The molecule has 0 saturated carbocycles. The predicted molar refractivity (Wildman–Crippen MR) is 90.4 cm³/mol. The van der Waals surface area contributed by atoms with E-state index in [-0.39, 0.29) is 0 Å². The van der Waals surface area contributed by atoms with Crippen molar-refractivity contribution in [3.63, 3.8) is 0 Å². The highest BCUT2D eigenvalue weighted by Crippen LogP contribution is 2.25. The Morgan fingerprint density at radius 1 is 0.667 bits per heavy atom. The van der Waals surface area contributed by atoms with Gasteiger partial charge in [-0.25, -0.2) is 0 Å². The van der Waals surface area contributed by atoms with Gasteiger partial charge in [-0.15, -0.1) is 10.2 Å². The molecule has 0 radical (unpaired) electrons. The van der Waals surface area contributed by atoms with Crippen molar-refractivity contribution in [2.45, 2.75) is 10.7 Å². The topological polar surface area (TPSA) is 38.9 Å². The molecule has 2 aromatic carbocycles. The van der Waals surface area contributed by atoms with Crippen LogP contribution >= 0.6 is 31.9 Å². The molecule has 3 nitrogen and oxygen atoms in total. The van der Waals surface area contributed by atoms with Gasteiger partial charge in [-0.1, -0.05) is 56.1 Å². The lowest BCUT2D eigenvalue weighted by Gasteiger charge is -1.98. The summed E-state index contributed by atoms with van der Waals surface area (Å²) in [5.74, 6) is 1.08. The van der Waals surface area contributed by atoms with Gasteiger partial charge in [0.1, 0.15) is 0 Å². The minimum atomic E-state index is 0.538. The molecular weight excluding hydrogens is 396 g/mol. The maximum atomic E-state index is 5.76. The highest BCUT2D eigenvalue weighted by Gasteiger charge is 2.10. The molecule has 3 rings (SSSR count). The fraction of sp³-hybridized carbons (Fsp3) is 0.125. The molecule has 0 bridgehead atoms. The molecule has 106 valence electrons. The van der Waals surface area contributed by atoms with Crippen molar-refractivity contribution in [1.82, 2.24) is 10.2 Å². The van der Waals surface area contributed by atoms with Crippen LogP contribution in [-0.2, 0) is 10.7 Å². The van der Waals surface area contributed by atoms with E-state index >= 15 is 0 Å². The third-order valence-electron chi connectivity index (χ3n) is 3.14. The standard InChI is InChI=1S/C16H12Br2N2O/c17-9-11-1-5-13(6-2-11)15-19-20-16(21-15)14-7-3-12(10-18)4-8-14/h1-8H,9-10H2. The van der Waals surface area contributed by atoms with Crippen molar-refractivity contribution in [3.05, 3.63) is 59.7 Å². The second kappa shape index (κ2) is 6.54. The molecule has 21 heavy (non-hydrogen) atoms. The molecule has 0 unspecified atom stereocenters. The van der Waals surface area contributed by atoms with Gasteiger partial charge in [-0.3, -0.25) is 0 Å². The van der Waals surface area contributed by atoms with Gasteiger partial charge in [-0.2, -0.15) is 0 Å². The number of aromatic nitrogens is 2. The summed E-state index contributed by atoms with van der Waals surface area (Å²) >= 11 is 6.86. The lowest BCUT2D eigenvalue weighted by Crippen LogP contribution is -1.80. The van der Waals surface area contributed by atoms with Crippen LogP contribution in [0.3, 0.4) is 0 Å². The fourth-order valence-corrected chi connectivity index (χ4v) is 2.68. The lowest BCUT2D eigenvalue weighted by molar-refractivity contribution is 0.584. The van der Waals surface area contributed by atoms with Gasteiger partial charge >= 0.3 is 0 Å². The number of hydrogen-bond donors (Lipinski definition) is 0. The van der Waals surface area contributed by atoms with Crippen LogP contribution in [0.25, 0.3) is 22.9 Å². The van der Waals surface area contributed by atoms with Crippen molar-refractivity contribution in [2.75, 3.05) is 0 Å². The van der Waals surface area contributed by atoms with E-state index in [0.29, 0.717) is 11.8 Å². The maximum Gasteiger partial charge on any atom is 0.248 e. The SMILES string of the molecule is BrCc1ccc(-c2nnc(-c3ccc(CBr)cc3)o2)cc1. The normalized spacial score (nSPS) is 10.8. The van der Waals surface area contributed by atoms with E-state index in [2.05, 4.69) is 42.1 Å². The zero-order valence-corrected chi connectivity index (χ0v) is 14.3. The number of rotatable bonds is 4. The molecule has 0 N–H and O–H groups in total. The Balaban J connectivity index is 1.87. The van der Waals surface area contributed by atoms with Crippen LogP contribution in [0, 0.1) is 0 Å². The summed E-state index contributed by atoms with van der Waals surface area (Å²) in [7, 11) is 0. The Morgan fingerprint density at radius 3 is 1.38 bits per heavy atom. The molecule has 0 amide bonds. The quantitative estimate of drug-likeness (QED) is 0.558. The molecule has 0 spiro atoms. The number of hydrogen-bond acceptors (Lipinski definition) is 3. The monoisotopic (exact) mass is 406 g/mol. The molecule has 3 aromatic rings. The van der Waals surface area contributed by atoms with Crippen molar-refractivity contribution in [1.29, 1.82) is 0 Å². The largest absolute Gasteiger partial charge is 0.416 e. The Labute approximate surface area is 139 Å². The van der Waals surface area contributed by atoms with Gasteiger partial charge in [0, 0.05) is 21.8 Å². The molecule has 0 atom stereocenters. The Bertz CT molecular complexity index is 659. The Hall–Kier alpha value is -1.46. The fourth-order valence-electron chi connectivity index (χ4n) is 1.93. The second-order valence-corrected chi connectivity index (χ2v) is 5.69. The van der Waals surface area contributed by atoms with Crippen LogP contribution in [0.2, 0.25) is 0 Å². The second-order valence-electron chi connectivity index (χ2n) is 4.57. The van der Waals surface area contributed by atoms with Crippen LogP contribution in [0.4, 0.5) is 0 Å². The molecule has 0 aliphatic rings. The van der Waals surface area contributed by atoms with E-state index in [9.17, 15) is 0 Å². The van der Waals surface area contributed by atoms with Gasteiger partial charge in [0.2, 0.25) is 11.8 Å². The van der Waals surface area contributed by atoms with Crippen LogP contribution in [0.5, 0.6) is 0 Å². The van der Waals surface area contributed by atoms with E-state index in [1.54, 1.807) is 0 Å². The van der Waals surface area contributed by atoms with E-state index in [1.807, 2.05) is 48.5 Å². The van der Waals surface area contributed by atoms with Crippen molar-refractivity contribution >= 4 is 31.9 Å². The minimum Gasteiger partial charge on any atom is -0.416 e.